The van der Waals surface area contributed by atoms with E-state index in [1.54, 1.807) is 13.1 Å². The Morgan fingerprint density at radius 1 is 1.14 bits per heavy atom. The van der Waals surface area contributed by atoms with Crippen LogP contribution in [0.5, 0.6) is 0 Å². The summed E-state index contributed by atoms with van der Waals surface area (Å²) in [6, 6.07) is 0. The normalized spacial score (nSPS) is 18.9. The minimum absolute atomic E-state index is 1.61. The molecule has 0 aliphatic carbocycles. The fourth-order valence-corrected chi connectivity index (χ4v) is 2.57. The van der Waals surface area contributed by atoms with Crippen molar-refractivity contribution in [1.29, 1.82) is 0 Å². The van der Waals surface area contributed by atoms with Crippen molar-refractivity contribution in [3.8, 4) is 0 Å². The topological polar surface area (TPSA) is 49.7 Å². The van der Waals surface area contributed by atoms with Gasteiger partial charge in [0, 0.05) is 0 Å². The lowest BCUT2D eigenvalue weighted by Crippen LogP contribution is -2.23. The van der Waals surface area contributed by atoms with Gasteiger partial charge in [0.1, 0.15) is 0 Å². The molecule has 0 fully saturated rings. The van der Waals surface area contributed by atoms with Crippen LogP contribution in [0.4, 0.5) is 0 Å². The van der Waals surface area contributed by atoms with E-state index in [0.29, 0.717) is 0 Å². The zero-order chi connectivity index (χ0) is 5.86. The molecule has 0 aromatic heterocycles. The molecule has 0 bridgehead atoms. The summed E-state index contributed by atoms with van der Waals surface area (Å²) in [5.74, 6) is 0. The van der Waals surface area contributed by atoms with Crippen molar-refractivity contribution in [2.75, 3.05) is 0 Å². The number of rotatable bonds is 2. The van der Waals surface area contributed by atoms with E-state index in [9.17, 15) is 0 Å². The lowest BCUT2D eigenvalue weighted by atomic mass is 11.9. The van der Waals surface area contributed by atoms with Crippen LogP contribution < -0.4 is 0 Å². The lowest BCUT2D eigenvalue weighted by molar-refractivity contribution is 0.367. The van der Waals surface area contributed by atoms with Crippen molar-refractivity contribution >= 4 is 18.6 Å². The third-order valence-corrected chi connectivity index (χ3v) is 3.54. The summed E-state index contributed by atoms with van der Waals surface area (Å²) in [6.45, 7) is 3.22. The first-order chi connectivity index (χ1) is 3.13. The van der Waals surface area contributed by atoms with Crippen LogP contribution in [0.3, 0.4) is 0 Å². The van der Waals surface area contributed by atoms with Gasteiger partial charge in [0.15, 0.2) is 0 Å². The van der Waals surface area contributed by atoms with E-state index in [4.69, 9.17) is 9.59 Å². The highest BCUT2D eigenvalue weighted by Crippen LogP contribution is 1.80. The zero-order valence-electron chi connectivity index (χ0n) is 4.46. The molecule has 0 heterocycles. The Morgan fingerprint density at radius 3 is 1.43 bits per heavy atom. The van der Waals surface area contributed by atoms with E-state index in [0.717, 1.165) is 0 Å². The van der Waals surface area contributed by atoms with Crippen molar-refractivity contribution in [1.82, 2.24) is 0 Å². The van der Waals surface area contributed by atoms with E-state index in [1.807, 2.05) is 0 Å². The summed E-state index contributed by atoms with van der Waals surface area (Å²) < 4.78 is 4.64. The van der Waals surface area contributed by atoms with Gasteiger partial charge in [-0.1, -0.05) is 0 Å². The van der Waals surface area contributed by atoms with Crippen LogP contribution in [-0.4, -0.2) is 28.2 Å². The first kappa shape index (κ1) is 7.31. The molecule has 0 aliphatic heterocycles. The standard InChI is InChI=1S/C2H10O3Si2/c1-6(3)5-7(2)4/h3-4,6-7H,1-2H3. The second-order valence-electron chi connectivity index (χ2n) is 1.33. The molecule has 0 saturated heterocycles. The average molecular weight is 138 g/mol. The highest BCUT2D eigenvalue weighted by Gasteiger charge is 2.03. The fraction of sp³-hybridized carbons (Fsp3) is 1.00. The van der Waals surface area contributed by atoms with Crippen LogP contribution in [0.25, 0.3) is 0 Å². The summed E-state index contributed by atoms with van der Waals surface area (Å²) in [5, 5.41) is 0. The van der Waals surface area contributed by atoms with Crippen LogP contribution in [0.15, 0.2) is 0 Å². The monoisotopic (exact) mass is 138 g/mol. The van der Waals surface area contributed by atoms with Crippen molar-refractivity contribution < 1.29 is 13.7 Å². The van der Waals surface area contributed by atoms with E-state index in [-0.39, 0.29) is 0 Å². The van der Waals surface area contributed by atoms with Crippen LogP contribution in [0, 0.1) is 0 Å². The molecule has 0 spiro atoms. The summed E-state index contributed by atoms with van der Waals surface area (Å²) in [4.78, 5) is 17.0. The van der Waals surface area contributed by atoms with Gasteiger partial charge in [-0.2, -0.15) is 0 Å². The molecule has 0 rings (SSSR count). The van der Waals surface area contributed by atoms with Gasteiger partial charge in [-0.05, 0) is 13.1 Å². The maximum atomic E-state index is 8.51. The highest BCUT2D eigenvalue weighted by molar-refractivity contribution is 6.56. The lowest BCUT2D eigenvalue weighted by Gasteiger charge is -2.04. The Morgan fingerprint density at radius 2 is 1.43 bits per heavy atom. The molecule has 7 heavy (non-hydrogen) atoms. The highest BCUT2D eigenvalue weighted by atomic mass is 28.4. The smallest absolute Gasteiger partial charge is 0.306 e. The maximum Gasteiger partial charge on any atom is 0.306 e. The van der Waals surface area contributed by atoms with E-state index >= 15 is 0 Å². The van der Waals surface area contributed by atoms with E-state index < -0.39 is 18.6 Å². The molecule has 0 aromatic carbocycles. The minimum Gasteiger partial charge on any atom is -0.420 e. The molecule has 44 valence electrons. The Labute approximate surface area is 46.3 Å². The molecule has 0 aliphatic rings. The molecule has 5 heteroatoms. The van der Waals surface area contributed by atoms with Gasteiger partial charge in [-0.25, -0.2) is 0 Å². The molecular weight excluding hydrogens is 128 g/mol. The molecule has 0 saturated carbocycles. The second kappa shape index (κ2) is 3.33. The van der Waals surface area contributed by atoms with Gasteiger partial charge in [0.2, 0.25) is 0 Å². The van der Waals surface area contributed by atoms with Gasteiger partial charge in [0.05, 0.1) is 0 Å². The molecule has 0 amide bonds. The van der Waals surface area contributed by atoms with E-state index in [2.05, 4.69) is 4.12 Å². The SMILES string of the molecule is C[SiH](O)O[SiH](C)O. The Hall–Kier alpha value is 0.314. The summed E-state index contributed by atoms with van der Waals surface area (Å²) >= 11 is 0. The average Bonchev–Trinajstić information content (AvgIpc) is 1.27. The van der Waals surface area contributed by atoms with Gasteiger partial charge in [0.25, 0.3) is 0 Å². The molecule has 2 atom stereocenters. The van der Waals surface area contributed by atoms with Crippen LogP contribution in [-0.2, 0) is 4.12 Å². The van der Waals surface area contributed by atoms with Crippen molar-refractivity contribution in [2.45, 2.75) is 13.1 Å². The zero-order valence-corrected chi connectivity index (χ0v) is 6.77. The molecule has 2 N–H and O–H groups in total. The van der Waals surface area contributed by atoms with Crippen molar-refractivity contribution in [3.05, 3.63) is 0 Å². The molecule has 0 aromatic rings. The Balaban J connectivity index is 2.95. The first-order valence-electron chi connectivity index (χ1n) is 2.14. The number of hydrogen-bond acceptors (Lipinski definition) is 3. The van der Waals surface area contributed by atoms with Crippen molar-refractivity contribution in [2.24, 2.45) is 0 Å². The summed E-state index contributed by atoms with van der Waals surface area (Å²) in [5.41, 5.74) is 0. The Bertz CT molecular complexity index is 40.2. The van der Waals surface area contributed by atoms with Crippen molar-refractivity contribution in [3.63, 3.8) is 0 Å². The molecular formula is C2H10O3Si2. The maximum absolute atomic E-state index is 8.51. The van der Waals surface area contributed by atoms with Gasteiger partial charge < -0.3 is 13.7 Å². The quantitative estimate of drug-likeness (QED) is 0.466. The van der Waals surface area contributed by atoms with Gasteiger partial charge in [-0.3, -0.25) is 0 Å². The van der Waals surface area contributed by atoms with Gasteiger partial charge in [-0.15, -0.1) is 0 Å². The first-order valence-corrected chi connectivity index (χ1v) is 6.43. The molecule has 2 unspecified atom stereocenters. The Kier molecular flexibility index (Phi) is 3.48. The largest absolute Gasteiger partial charge is 0.420 e. The third kappa shape index (κ3) is 6.31. The number of hydrogen-bond donors (Lipinski definition) is 2. The van der Waals surface area contributed by atoms with Gasteiger partial charge >= 0.3 is 18.6 Å². The molecule has 0 radical (unpaired) electrons. The van der Waals surface area contributed by atoms with Crippen LogP contribution in [0.2, 0.25) is 13.1 Å². The summed E-state index contributed by atoms with van der Waals surface area (Å²) in [7, 11) is -3.83. The fourth-order valence-electron chi connectivity index (χ4n) is 0.285. The predicted molar refractivity (Wildman–Crippen MR) is 31.5 cm³/mol. The van der Waals surface area contributed by atoms with Crippen LogP contribution >= 0.6 is 0 Å². The summed E-state index contributed by atoms with van der Waals surface area (Å²) in [6.07, 6.45) is 0. The van der Waals surface area contributed by atoms with Crippen LogP contribution in [0.1, 0.15) is 0 Å². The van der Waals surface area contributed by atoms with E-state index in [1.165, 1.54) is 0 Å². The minimum atomic E-state index is -1.92. The third-order valence-electron chi connectivity index (χ3n) is 0.394. The second-order valence-corrected chi connectivity index (χ2v) is 4.82. The molecule has 3 nitrogen and oxygen atoms in total. The predicted octanol–water partition coefficient (Wildman–Crippen LogP) is -1.31.